The van der Waals surface area contributed by atoms with Gasteiger partial charge in [0.15, 0.2) is 0 Å². The van der Waals surface area contributed by atoms with Crippen molar-refractivity contribution < 1.29 is 4.74 Å². The normalized spacial score (nSPS) is 11.7. The first kappa shape index (κ1) is 19.7. The van der Waals surface area contributed by atoms with Crippen LogP contribution in [0.25, 0.3) is 0 Å². The number of nitrogens with zero attached hydrogens (tertiary/aromatic N) is 3. The number of H-pyrrole nitrogens is 1. The Morgan fingerprint density at radius 3 is 2.54 bits per heavy atom. The molecule has 3 aromatic rings. The van der Waals surface area contributed by atoms with Crippen molar-refractivity contribution in [2.45, 2.75) is 32.8 Å². The summed E-state index contributed by atoms with van der Waals surface area (Å²) in [6.07, 6.45) is 1.61. The van der Waals surface area contributed by atoms with Crippen molar-refractivity contribution in [3.63, 3.8) is 0 Å². The molecule has 7 heteroatoms. The third kappa shape index (κ3) is 4.61. The molecular formula is C21H22N4O2S. The van der Waals surface area contributed by atoms with Crippen LogP contribution in [0.15, 0.2) is 64.5 Å². The predicted octanol–water partition coefficient (Wildman–Crippen LogP) is 4.06. The Labute approximate surface area is 168 Å². The highest BCUT2D eigenvalue weighted by Gasteiger charge is 2.21. The zero-order valence-electron chi connectivity index (χ0n) is 16.0. The zero-order chi connectivity index (χ0) is 20.1. The Kier molecular flexibility index (Phi) is 5.84. The van der Waals surface area contributed by atoms with Crippen LogP contribution in [0.1, 0.15) is 37.6 Å². The lowest BCUT2D eigenvalue weighted by Gasteiger charge is -2.16. The summed E-state index contributed by atoms with van der Waals surface area (Å²) in [6.45, 7) is 6.13. The molecule has 0 aliphatic carbocycles. The minimum atomic E-state index is -0.421. The van der Waals surface area contributed by atoms with Gasteiger partial charge in [0.05, 0.1) is 6.21 Å². The van der Waals surface area contributed by atoms with Crippen LogP contribution in [0.3, 0.4) is 0 Å². The molecule has 0 saturated heterocycles. The summed E-state index contributed by atoms with van der Waals surface area (Å²) in [6, 6.07) is 17.3. The zero-order valence-corrected chi connectivity index (χ0v) is 16.9. The Balaban J connectivity index is 1.90. The molecule has 3 rings (SSSR count). The lowest BCUT2D eigenvalue weighted by atomic mass is 9.93. The molecule has 0 amide bonds. The molecular weight excluding hydrogens is 372 g/mol. The number of aromatic nitrogens is 3. The van der Waals surface area contributed by atoms with Crippen molar-refractivity contribution >= 4 is 18.4 Å². The molecule has 6 nitrogen and oxygen atoms in total. The highest BCUT2D eigenvalue weighted by Crippen LogP contribution is 2.16. The Morgan fingerprint density at radius 1 is 1.14 bits per heavy atom. The predicted molar refractivity (Wildman–Crippen MR) is 113 cm³/mol. The van der Waals surface area contributed by atoms with E-state index in [9.17, 15) is 4.79 Å². The number of nitrogens with one attached hydrogen (secondary N) is 1. The van der Waals surface area contributed by atoms with E-state index in [0.717, 1.165) is 21.6 Å². The molecule has 1 heterocycles. The first-order chi connectivity index (χ1) is 13.4. The quantitative estimate of drug-likeness (QED) is 0.523. The molecule has 0 atom stereocenters. The fourth-order valence-electron chi connectivity index (χ4n) is 2.57. The molecule has 0 saturated carbocycles. The number of aromatic amines is 1. The number of rotatable bonds is 5. The first-order valence-electron chi connectivity index (χ1n) is 8.88. The smallest absolute Gasteiger partial charge is 0.297 e. The maximum Gasteiger partial charge on any atom is 0.297 e. The molecule has 144 valence electrons. The maximum atomic E-state index is 12.7. The minimum Gasteiger partial charge on any atom is -0.489 e. The van der Waals surface area contributed by atoms with Crippen molar-refractivity contribution in [2.24, 2.45) is 5.10 Å². The second kappa shape index (κ2) is 8.31. The van der Waals surface area contributed by atoms with Gasteiger partial charge in [-0.1, -0.05) is 63.2 Å². The lowest BCUT2D eigenvalue weighted by molar-refractivity contribution is 0.306. The standard InChI is InChI=1S/C21H22N4O2S/c1-21(2,3)18-19(26)25(20(28)24-23-18)22-13-15-9-7-8-10-16(15)14-27-17-11-5-4-6-12-17/h4-13H,14H2,1-3H3,(H,24,28)/b22-13-. The molecule has 28 heavy (non-hydrogen) atoms. The van der Waals surface area contributed by atoms with Gasteiger partial charge in [-0.05, 0) is 29.9 Å². The molecule has 0 bridgehead atoms. The van der Waals surface area contributed by atoms with Gasteiger partial charge in [0.25, 0.3) is 5.56 Å². The number of para-hydroxylation sites is 1. The summed E-state index contributed by atoms with van der Waals surface area (Å²) in [4.78, 5) is 12.7. The first-order valence-corrected chi connectivity index (χ1v) is 9.29. The molecule has 2 aromatic carbocycles. The van der Waals surface area contributed by atoms with E-state index in [2.05, 4.69) is 15.3 Å². The topological polar surface area (TPSA) is 72.3 Å². The summed E-state index contributed by atoms with van der Waals surface area (Å²) in [5, 5.41) is 11.1. The molecule has 0 aliphatic heterocycles. The highest BCUT2D eigenvalue weighted by molar-refractivity contribution is 7.71. The molecule has 0 aliphatic rings. The van der Waals surface area contributed by atoms with Crippen LogP contribution in [0.5, 0.6) is 5.75 Å². The third-order valence-corrected chi connectivity index (χ3v) is 4.33. The van der Waals surface area contributed by atoms with Crippen LogP contribution in [0.2, 0.25) is 0 Å². The van der Waals surface area contributed by atoms with Gasteiger partial charge >= 0.3 is 0 Å². The second-order valence-electron chi connectivity index (χ2n) is 7.29. The maximum absolute atomic E-state index is 12.7. The summed E-state index contributed by atoms with van der Waals surface area (Å²) >= 11 is 5.19. The van der Waals surface area contributed by atoms with Crippen molar-refractivity contribution in [3.05, 3.63) is 86.5 Å². The molecule has 0 spiro atoms. The monoisotopic (exact) mass is 394 g/mol. The van der Waals surface area contributed by atoms with Gasteiger partial charge in [-0.3, -0.25) is 9.89 Å². The average molecular weight is 395 g/mol. The van der Waals surface area contributed by atoms with E-state index in [1.807, 2.05) is 75.4 Å². The summed E-state index contributed by atoms with van der Waals surface area (Å²) in [5.41, 5.74) is 1.41. The van der Waals surface area contributed by atoms with Gasteiger partial charge in [0.2, 0.25) is 4.77 Å². The summed E-state index contributed by atoms with van der Waals surface area (Å²) in [5.74, 6) is 0.789. The Hall–Kier alpha value is -3.06. The van der Waals surface area contributed by atoms with Crippen LogP contribution in [0, 0.1) is 4.77 Å². The van der Waals surface area contributed by atoms with Crippen molar-refractivity contribution in [1.82, 2.24) is 14.9 Å². The second-order valence-corrected chi connectivity index (χ2v) is 7.68. The van der Waals surface area contributed by atoms with Gasteiger partial charge in [-0.25, -0.2) is 0 Å². The summed E-state index contributed by atoms with van der Waals surface area (Å²) in [7, 11) is 0. The van der Waals surface area contributed by atoms with Crippen LogP contribution in [0.4, 0.5) is 0 Å². The van der Waals surface area contributed by atoms with E-state index in [-0.39, 0.29) is 10.3 Å². The fraction of sp³-hybridized carbons (Fsp3) is 0.238. The van der Waals surface area contributed by atoms with Crippen molar-refractivity contribution in [1.29, 1.82) is 0 Å². The van der Waals surface area contributed by atoms with Crippen LogP contribution < -0.4 is 10.3 Å². The lowest BCUT2D eigenvalue weighted by Crippen LogP contribution is -2.32. The Morgan fingerprint density at radius 2 is 1.82 bits per heavy atom. The molecule has 1 N–H and O–H groups in total. The number of benzene rings is 2. The fourth-order valence-corrected chi connectivity index (χ4v) is 2.75. The van der Waals surface area contributed by atoms with Gasteiger partial charge in [0.1, 0.15) is 18.1 Å². The van der Waals surface area contributed by atoms with Crippen molar-refractivity contribution in [3.8, 4) is 5.75 Å². The van der Waals surface area contributed by atoms with Crippen LogP contribution in [-0.2, 0) is 12.0 Å². The van der Waals surface area contributed by atoms with Crippen molar-refractivity contribution in [2.75, 3.05) is 0 Å². The van der Waals surface area contributed by atoms with Gasteiger partial charge in [0, 0.05) is 11.0 Å². The highest BCUT2D eigenvalue weighted by atomic mass is 32.1. The van der Waals surface area contributed by atoms with E-state index in [0.29, 0.717) is 12.3 Å². The van der Waals surface area contributed by atoms with E-state index < -0.39 is 5.41 Å². The van der Waals surface area contributed by atoms with Crippen LogP contribution >= 0.6 is 12.2 Å². The molecule has 0 unspecified atom stereocenters. The largest absolute Gasteiger partial charge is 0.489 e. The third-order valence-electron chi connectivity index (χ3n) is 4.07. The minimum absolute atomic E-state index is 0.146. The Bertz CT molecular complexity index is 1100. The number of hydrogen-bond donors (Lipinski definition) is 1. The SMILES string of the molecule is CC(C)(C)c1n[nH]c(=S)n(/N=C\c2ccccc2COc2ccccc2)c1=O. The van der Waals surface area contributed by atoms with Gasteiger partial charge in [-0.2, -0.15) is 14.9 Å². The number of ether oxygens (including phenoxy) is 1. The molecule has 0 fully saturated rings. The van der Waals surface area contributed by atoms with E-state index in [1.165, 1.54) is 0 Å². The van der Waals surface area contributed by atoms with E-state index in [4.69, 9.17) is 17.0 Å². The summed E-state index contributed by atoms with van der Waals surface area (Å²) < 4.78 is 7.14. The van der Waals surface area contributed by atoms with Gasteiger partial charge < -0.3 is 4.74 Å². The van der Waals surface area contributed by atoms with Gasteiger partial charge in [-0.15, -0.1) is 0 Å². The average Bonchev–Trinajstić information content (AvgIpc) is 2.66. The molecule has 1 aromatic heterocycles. The van der Waals surface area contributed by atoms with E-state index in [1.54, 1.807) is 6.21 Å². The van der Waals surface area contributed by atoms with E-state index >= 15 is 0 Å². The number of hydrogen-bond acceptors (Lipinski definition) is 5. The van der Waals surface area contributed by atoms with Crippen LogP contribution in [-0.4, -0.2) is 21.1 Å². The molecule has 0 radical (unpaired) electrons.